The van der Waals surface area contributed by atoms with Crippen LogP contribution in [0.15, 0.2) is 36.4 Å². The molecule has 108 valence electrons. The van der Waals surface area contributed by atoms with Gasteiger partial charge in [0.1, 0.15) is 11.5 Å². The predicted molar refractivity (Wildman–Crippen MR) is 79.0 cm³/mol. The Morgan fingerprint density at radius 2 is 2.05 bits per heavy atom. The second-order valence-electron chi connectivity index (χ2n) is 4.25. The van der Waals surface area contributed by atoms with E-state index in [1.165, 1.54) is 18.2 Å². The molecule has 0 saturated carbocycles. The van der Waals surface area contributed by atoms with E-state index >= 15 is 0 Å². The SMILES string of the molecule is Cc1cc(Cl)ccc1Oc1cc(NC=O)cc([N+](=O)[O-])c1. The smallest absolute Gasteiger partial charge is 0.275 e. The fraction of sp³-hybridized carbons (Fsp3) is 0.0714. The van der Waals surface area contributed by atoms with E-state index in [9.17, 15) is 14.9 Å². The number of anilines is 1. The second kappa shape index (κ2) is 6.23. The molecule has 0 aliphatic rings. The van der Waals surface area contributed by atoms with Gasteiger partial charge in [0.05, 0.1) is 16.7 Å². The van der Waals surface area contributed by atoms with Gasteiger partial charge in [0.15, 0.2) is 0 Å². The standard InChI is InChI=1S/C14H11ClN2O4/c1-9-4-10(15)2-3-14(9)21-13-6-11(16-8-18)5-12(7-13)17(19)20/h2-8H,1H3,(H,16,18). The normalized spacial score (nSPS) is 10.0. The molecule has 0 aliphatic heterocycles. The topological polar surface area (TPSA) is 81.5 Å². The first-order valence-electron chi connectivity index (χ1n) is 5.93. The Hall–Kier alpha value is -2.60. The van der Waals surface area contributed by atoms with Crippen LogP contribution in [0, 0.1) is 17.0 Å². The molecule has 0 heterocycles. The van der Waals surface area contributed by atoms with Crippen molar-refractivity contribution in [2.75, 3.05) is 5.32 Å². The van der Waals surface area contributed by atoms with Gasteiger partial charge in [-0.3, -0.25) is 14.9 Å². The summed E-state index contributed by atoms with van der Waals surface area (Å²) < 4.78 is 5.62. The zero-order chi connectivity index (χ0) is 15.4. The van der Waals surface area contributed by atoms with Gasteiger partial charge in [0.25, 0.3) is 5.69 Å². The van der Waals surface area contributed by atoms with Crippen LogP contribution in [-0.4, -0.2) is 11.3 Å². The monoisotopic (exact) mass is 306 g/mol. The third kappa shape index (κ3) is 3.70. The van der Waals surface area contributed by atoms with Crippen LogP contribution in [0.3, 0.4) is 0 Å². The molecule has 2 rings (SSSR count). The second-order valence-corrected chi connectivity index (χ2v) is 4.68. The molecule has 0 unspecified atom stereocenters. The quantitative estimate of drug-likeness (QED) is 0.515. The van der Waals surface area contributed by atoms with Gasteiger partial charge in [-0.2, -0.15) is 0 Å². The van der Waals surface area contributed by atoms with Crippen LogP contribution < -0.4 is 10.1 Å². The zero-order valence-electron chi connectivity index (χ0n) is 11.0. The van der Waals surface area contributed by atoms with Crippen LogP contribution in [0.2, 0.25) is 5.02 Å². The summed E-state index contributed by atoms with van der Waals surface area (Å²) >= 11 is 5.86. The summed E-state index contributed by atoms with van der Waals surface area (Å²) in [7, 11) is 0. The van der Waals surface area contributed by atoms with E-state index in [1.54, 1.807) is 18.2 Å². The first-order valence-corrected chi connectivity index (χ1v) is 6.31. The average molecular weight is 307 g/mol. The molecule has 6 nitrogen and oxygen atoms in total. The number of amides is 1. The highest BCUT2D eigenvalue weighted by atomic mass is 35.5. The lowest BCUT2D eigenvalue weighted by molar-refractivity contribution is -0.384. The third-order valence-corrected chi connectivity index (χ3v) is 2.93. The number of carbonyl (C=O) groups excluding carboxylic acids is 1. The maximum absolute atomic E-state index is 10.9. The van der Waals surface area contributed by atoms with Gasteiger partial charge in [0, 0.05) is 17.2 Å². The number of carbonyl (C=O) groups is 1. The van der Waals surface area contributed by atoms with Gasteiger partial charge in [0.2, 0.25) is 6.41 Å². The number of non-ortho nitro benzene ring substituents is 1. The van der Waals surface area contributed by atoms with E-state index in [0.717, 1.165) is 5.56 Å². The molecular formula is C14H11ClN2O4. The predicted octanol–water partition coefficient (Wildman–Crippen LogP) is 3.92. The molecular weight excluding hydrogens is 296 g/mol. The van der Waals surface area contributed by atoms with E-state index < -0.39 is 4.92 Å². The van der Waals surface area contributed by atoms with Crippen LogP contribution in [0.5, 0.6) is 11.5 Å². The summed E-state index contributed by atoms with van der Waals surface area (Å²) in [6, 6.07) is 9.07. The number of nitrogens with zero attached hydrogens (tertiary/aromatic N) is 1. The summed E-state index contributed by atoms with van der Waals surface area (Å²) in [5.41, 5.74) is 0.892. The first-order chi connectivity index (χ1) is 9.99. The number of ether oxygens (including phenoxy) is 1. The Balaban J connectivity index is 2.38. The summed E-state index contributed by atoms with van der Waals surface area (Å²) in [6.07, 6.45) is 0.441. The molecule has 0 fully saturated rings. The molecule has 0 spiro atoms. The first kappa shape index (κ1) is 14.8. The fourth-order valence-corrected chi connectivity index (χ4v) is 1.98. The van der Waals surface area contributed by atoms with Crippen LogP contribution >= 0.6 is 11.6 Å². The van der Waals surface area contributed by atoms with Gasteiger partial charge in [-0.05, 0) is 30.7 Å². The molecule has 2 aromatic rings. The largest absolute Gasteiger partial charge is 0.457 e. The molecule has 0 aromatic heterocycles. The van der Waals surface area contributed by atoms with E-state index in [0.29, 0.717) is 17.2 Å². The molecule has 0 radical (unpaired) electrons. The van der Waals surface area contributed by atoms with Crippen molar-refractivity contribution in [2.45, 2.75) is 6.92 Å². The molecule has 1 amide bonds. The number of hydrogen-bond acceptors (Lipinski definition) is 4. The highest BCUT2D eigenvalue weighted by Gasteiger charge is 2.12. The number of benzene rings is 2. The van der Waals surface area contributed by atoms with Crippen LogP contribution in [0.1, 0.15) is 5.56 Å². The molecule has 21 heavy (non-hydrogen) atoms. The lowest BCUT2D eigenvalue weighted by Crippen LogP contribution is -1.97. The lowest BCUT2D eigenvalue weighted by Gasteiger charge is -2.10. The van der Waals surface area contributed by atoms with E-state index in [-0.39, 0.29) is 17.1 Å². The highest BCUT2D eigenvalue weighted by molar-refractivity contribution is 6.30. The van der Waals surface area contributed by atoms with Gasteiger partial charge >= 0.3 is 0 Å². The van der Waals surface area contributed by atoms with Crippen LogP contribution in [0.4, 0.5) is 11.4 Å². The Morgan fingerprint density at radius 3 is 2.67 bits per heavy atom. The highest BCUT2D eigenvalue weighted by Crippen LogP contribution is 2.31. The van der Waals surface area contributed by atoms with Crippen LogP contribution in [0.25, 0.3) is 0 Å². The van der Waals surface area contributed by atoms with Gasteiger partial charge in [-0.25, -0.2) is 0 Å². The number of rotatable bonds is 5. The van der Waals surface area contributed by atoms with Crippen molar-refractivity contribution in [3.05, 3.63) is 57.1 Å². The van der Waals surface area contributed by atoms with Crippen LogP contribution in [-0.2, 0) is 4.79 Å². The van der Waals surface area contributed by atoms with Gasteiger partial charge < -0.3 is 10.1 Å². The Kier molecular flexibility index (Phi) is 4.39. The Bertz CT molecular complexity index is 703. The van der Waals surface area contributed by atoms with Crippen molar-refractivity contribution in [2.24, 2.45) is 0 Å². The molecule has 0 bridgehead atoms. The summed E-state index contributed by atoms with van der Waals surface area (Å²) in [5, 5.41) is 13.8. The third-order valence-electron chi connectivity index (χ3n) is 2.69. The van der Waals surface area contributed by atoms with Crippen molar-refractivity contribution in [1.82, 2.24) is 0 Å². The number of hydrogen-bond donors (Lipinski definition) is 1. The summed E-state index contributed by atoms with van der Waals surface area (Å²) in [4.78, 5) is 20.8. The molecule has 0 saturated heterocycles. The maximum atomic E-state index is 10.9. The minimum atomic E-state index is -0.558. The van der Waals surface area contributed by atoms with Gasteiger partial charge in [-0.15, -0.1) is 0 Å². The van der Waals surface area contributed by atoms with Crippen molar-refractivity contribution in [3.63, 3.8) is 0 Å². The van der Waals surface area contributed by atoms with Crippen molar-refractivity contribution in [1.29, 1.82) is 0 Å². The van der Waals surface area contributed by atoms with E-state index in [4.69, 9.17) is 16.3 Å². The summed E-state index contributed by atoms with van der Waals surface area (Å²) in [6.45, 7) is 1.81. The average Bonchev–Trinajstić information content (AvgIpc) is 2.42. The number of nitro benzene ring substituents is 1. The molecule has 7 heteroatoms. The Labute approximate surface area is 125 Å². The van der Waals surface area contributed by atoms with E-state index in [1.807, 2.05) is 6.92 Å². The van der Waals surface area contributed by atoms with Crippen molar-refractivity contribution >= 4 is 29.4 Å². The lowest BCUT2D eigenvalue weighted by atomic mass is 10.2. The molecule has 0 atom stereocenters. The number of nitro groups is 1. The minimum Gasteiger partial charge on any atom is -0.457 e. The number of halogens is 1. The van der Waals surface area contributed by atoms with Crippen molar-refractivity contribution in [3.8, 4) is 11.5 Å². The van der Waals surface area contributed by atoms with E-state index in [2.05, 4.69) is 5.32 Å². The summed E-state index contributed by atoms with van der Waals surface area (Å²) in [5.74, 6) is 0.774. The number of aryl methyl sites for hydroxylation is 1. The zero-order valence-corrected chi connectivity index (χ0v) is 11.8. The van der Waals surface area contributed by atoms with Gasteiger partial charge in [-0.1, -0.05) is 11.6 Å². The fourth-order valence-electron chi connectivity index (χ4n) is 1.75. The number of nitrogens with one attached hydrogen (secondary N) is 1. The molecule has 2 aromatic carbocycles. The maximum Gasteiger partial charge on any atom is 0.275 e. The minimum absolute atomic E-state index is 0.177. The molecule has 1 N–H and O–H groups in total. The van der Waals surface area contributed by atoms with Crippen molar-refractivity contribution < 1.29 is 14.5 Å². The molecule has 0 aliphatic carbocycles. The Morgan fingerprint density at radius 1 is 1.29 bits per heavy atom.